The molecule has 0 fully saturated rings. The highest BCUT2D eigenvalue weighted by Gasteiger charge is 2.15. The van der Waals surface area contributed by atoms with Crippen LogP contribution in [0.4, 0.5) is 8.78 Å². The van der Waals surface area contributed by atoms with Gasteiger partial charge in [0.15, 0.2) is 0 Å². The SMILES string of the molecule is CC(NCc1ccc(Cl)cc1Br)c1c(F)cccc1F. The van der Waals surface area contributed by atoms with Gasteiger partial charge in [0, 0.05) is 27.6 Å². The van der Waals surface area contributed by atoms with Gasteiger partial charge in [-0.2, -0.15) is 0 Å². The molecule has 106 valence electrons. The van der Waals surface area contributed by atoms with Crippen LogP contribution in [0, 0.1) is 11.6 Å². The van der Waals surface area contributed by atoms with Crippen LogP contribution in [0.1, 0.15) is 24.1 Å². The van der Waals surface area contributed by atoms with Gasteiger partial charge < -0.3 is 5.32 Å². The van der Waals surface area contributed by atoms with Crippen LogP contribution >= 0.6 is 27.5 Å². The van der Waals surface area contributed by atoms with Gasteiger partial charge in [-0.1, -0.05) is 39.7 Å². The number of hydrogen-bond acceptors (Lipinski definition) is 1. The van der Waals surface area contributed by atoms with Crippen LogP contribution in [-0.4, -0.2) is 0 Å². The highest BCUT2D eigenvalue weighted by atomic mass is 79.9. The number of rotatable bonds is 4. The van der Waals surface area contributed by atoms with Crippen molar-refractivity contribution in [2.75, 3.05) is 0 Å². The van der Waals surface area contributed by atoms with Crippen molar-refractivity contribution in [3.8, 4) is 0 Å². The molecule has 1 N–H and O–H groups in total. The molecule has 0 bridgehead atoms. The maximum absolute atomic E-state index is 13.7. The number of benzene rings is 2. The molecule has 0 aliphatic rings. The Balaban J connectivity index is 2.11. The van der Waals surface area contributed by atoms with Crippen molar-refractivity contribution in [2.45, 2.75) is 19.5 Å². The first-order chi connectivity index (χ1) is 9.49. The minimum absolute atomic E-state index is 0.0533. The third-order valence-corrected chi connectivity index (χ3v) is 4.02. The van der Waals surface area contributed by atoms with Crippen LogP contribution in [0.2, 0.25) is 5.02 Å². The molecule has 0 aliphatic heterocycles. The number of nitrogens with one attached hydrogen (secondary N) is 1. The average molecular weight is 361 g/mol. The predicted molar refractivity (Wildman–Crippen MR) is 80.8 cm³/mol. The molecule has 1 nitrogen and oxygen atoms in total. The van der Waals surface area contributed by atoms with E-state index in [2.05, 4.69) is 21.2 Å². The van der Waals surface area contributed by atoms with Crippen LogP contribution in [-0.2, 0) is 6.54 Å². The van der Waals surface area contributed by atoms with E-state index < -0.39 is 17.7 Å². The van der Waals surface area contributed by atoms with Gasteiger partial charge in [0.2, 0.25) is 0 Å². The van der Waals surface area contributed by atoms with Crippen LogP contribution in [0.15, 0.2) is 40.9 Å². The summed E-state index contributed by atoms with van der Waals surface area (Å²) in [6.07, 6.45) is 0. The summed E-state index contributed by atoms with van der Waals surface area (Å²) in [5.74, 6) is -1.08. The second kappa shape index (κ2) is 6.66. The summed E-state index contributed by atoms with van der Waals surface area (Å²) in [6, 6.07) is 8.87. The third-order valence-electron chi connectivity index (χ3n) is 3.05. The summed E-state index contributed by atoms with van der Waals surface area (Å²) in [6.45, 7) is 2.21. The summed E-state index contributed by atoms with van der Waals surface area (Å²) < 4.78 is 28.2. The van der Waals surface area contributed by atoms with Gasteiger partial charge in [0.25, 0.3) is 0 Å². The van der Waals surface area contributed by atoms with Crippen molar-refractivity contribution in [1.82, 2.24) is 5.32 Å². The maximum atomic E-state index is 13.7. The van der Waals surface area contributed by atoms with E-state index in [1.165, 1.54) is 18.2 Å². The Kier molecular flexibility index (Phi) is 5.13. The smallest absolute Gasteiger partial charge is 0.130 e. The second-order valence-electron chi connectivity index (χ2n) is 4.47. The first-order valence-corrected chi connectivity index (χ1v) is 7.27. The molecule has 0 amide bonds. The van der Waals surface area contributed by atoms with Gasteiger partial charge in [0.05, 0.1) is 0 Å². The molecular weight excluding hydrogens is 348 g/mol. The Hall–Kier alpha value is -0.970. The molecule has 1 atom stereocenters. The van der Waals surface area contributed by atoms with E-state index in [4.69, 9.17) is 11.6 Å². The molecular formula is C15H13BrClF2N. The van der Waals surface area contributed by atoms with Crippen molar-refractivity contribution in [3.05, 3.63) is 68.7 Å². The molecule has 0 saturated carbocycles. The fourth-order valence-electron chi connectivity index (χ4n) is 1.95. The van der Waals surface area contributed by atoms with Gasteiger partial charge in [-0.25, -0.2) is 8.78 Å². The molecule has 0 saturated heterocycles. The molecule has 1 unspecified atom stereocenters. The van der Waals surface area contributed by atoms with Gasteiger partial charge in [0.1, 0.15) is 11.6 Å². The van der Waals surface area contributed by atoms with E-state index >= 15 is 0 Å². The topological polar surface area (TPSA) is 12.0 Å². The lowest BCUT2D eigenvalue weighted by atomic mass is 10.1. The predicted octanol–water partition coefficient (Wildman–Crippen LogP) is 5.23. The van der Waals surface area contributed by atoms with Gasteiger partial charge in [-0.05, 0) is 36.8 Å². The lowest BCUT2D eigenvalue weighted by Crippen LogP contribution is -2.20. The Labute approximate surface area is 130 Å². The molecule has 0 spiro atoms. The van der Waals surface area contributed by atoms with Gasteiger partial charge >= 0.3 is 0 Å². The zero-order chi connectivity index (χ0) is 14.7. The molecule has 0 heterocycles. The Morgan fingerprint density at radius 1 is 1.20 bits per heavy atom. The van der Waals surface area contributed by atoms with Gasteiger partial charge in [-0.3, -0.25) is 0 Å². The number of hydrogen-bond donors (Lipinski definition) is 1. The van der Waals surface area contributed by atoms with Crippen LogP contribution < -0.4 is 5.32 Å². The average Bonchev–Trinajstić information content (AvgIpc) is 2.37. The first kappa shape index (κ1) is 15.4. The van der Waals surface area contributed by atoms with Crippen molar-refractivity contribution >= 4 is 27.5 Å². The lowest BCUT2D eigenvalue weighted by Gasteiger charge is -2.16. The lowest BCUT2D eigenvalue weighted by molar-refractivity contribution is 0.487. The fraction of sp³-hybridized carbons (Fsp3) is 0.200. The van der Waals surface area contributed by atoms with E-state index in [0.29, 0.717) is 11.6 Å². The molecule has 5 heteroatoms. The van der Waals surface area contributed by atoms with Crippen molar-refractivity contribution in [1.29, 1.82) is 0 Å². The first-order valence-electron chi connectivity index (χ1n) is 6.10. The second-order valence-corrected chi connectivity index (χ2v) is 5.76. The Morgan fingerprint density at radius 2 is 1.85 bits per heavy atom. The maximum Gasteiger partial charge on any atom is 0.130 e. The highest BCUT2D eigenvalue weighted by Crippen LogP contribution is 2.24. The normalized spacial score (nSPS) is 12.4. The molecule has 0 aliphatic carbocycles. The monoisotopic (exact) mass is 359 g/mol. The van der Waals surface area contributed by atoms with Gasteiger partial charge in [-0.15, -0.1) is 0 Å². The molecule has 20 heavy (non-hydrogen) atoms. The molecule has 2 aromatic rings. The Morgan fingerprint density at radius 3 is 2.45 bits per heavy atom. The summed E-state index contributed by atoms with van der Waals surface area (Å²) in [4.78, 5) is 0. The van der Waals surface area contributed by atoms with Crippen LogP contribution in [0.25, 0.3) is 0 Å². The van der Waals surface area contributed by atoms with Crippen molar-refractivity contribution < 1.29 is 8.78 Å². The zero-order valence-corrected chi connectivity index (χ0v) is 13.1. The molecule has 0 aromatic heterocycles. The summed E-state index contributed by atoms with van der Waals surface area (Å²) in [5, 5.41) is 3.74. The summed E-state index contributed by atoms with van der Waals surface area (Å²) in [5.41, 5.74) is 1.02. The summed E-state index contributed by atoms with van der Waals surface area (Å²) >= 11 is 9.28. The zero-order valence-electron chi connectivity index (χ0n) is 10.8. The minimum atomic E-state index is -0.542. The molecule has 2 aromatic carbocycles. The van der Waals surface area contributed by atoms with E-state index in [1.54, 1.807) is 19.1 Å². The van der Waals surface area contributed by atoms with E-state index in [1.807, 2.05) is 6.07 Å². The van der Waals surface area contributed by atoms with Crippen LogP contribution in [0.3, 0.4) is 0 Å². The fourth-order valence-corrected chi connectivity index (χ4v) is 2.78. The third kappa shape index (κ3) is 3.57. The van der Waals surface area contributed by atoms with Crippen molar-refractivity contribution in [2.24, 2.45) is 0 Å². The minimum Gasteiger partial charge on any atom is -0.306 e. The standard InChI is InChI=1S/C15H13BrClF2N/c1-9(15-13(18)3-2-4-14(15)19)20-8-10-5-6-11(17)7-12(10)16/h2-7,9,20H,8H2,1H3. The Bertz CT molecular complexity index is 599. The van der Waals surface area contributed by atoms with E-state index in [-0.39, 0.29) is 5.56 Å². The van der Waals surface area contributed by atoms with Crippen molar-refractivity contribution in [3.63, 3.8) is 0 Å². The van der Waals surface area contributed by atoms with E-state index in [0.717, 1.165) is 10.0 Å². The quantitative estimate of drug-likeness (QED) is 0.787. The highest BCUT2D eigenvalue weighted by molar-refractivity contribution is 9.10. The number of halogens is 4. The summed E-state index contributed by atoms with van der Waals surface area (Å²) in [7, 11) is 0. The largest absolute Gasteiger partial charge is 0.306 e. The molecule has 0 radical (unpaired) electrons. The molecule has 2 rings (SSSR count). The van der Waals surface area contributed by atoms with Crippen LogP contribution in [0.5, 0.6) is 0 Å². The van der Waals surface area contributed by atoms with E-state index in [9.17, 15) is 8.78 Å².